The van der Waals surface area contributed by atoms with Crippen molar-refractivity contribution >= 4 is 11.4 Å². The molecular weight excluding hydrogens is 288 g/mol. The number of likely N-dealkylation sites (N-methyl/N-ethyl adjacent to an activating group) is 1. The molecule has 0 bridgehead atoms. The van der Waals surface area contributed by atoms with Crippen LogP contribution < -0.4 is 15.0 Å². The van der Waals surface area contributed by atoms with E-state index in [1.807, 2.05) is 24.1 Å². The molecule has 2 N–H and O–H groups in total. The van der Waals surface area contributed by atoms with Gasteiger partial charge in [0.1, 0.15) is 5.75 Å². The molecule has 0 heterocycles. The van der Waals surface area contributed by atoms with Crippen LogP contribution >= 0.6 is 0 Å². The number of hydrogen-bond donors (Lipinski definition) is 2. The third-order valence-corrected chi connectivity index (χ3v) is 3.64. The maximum absolute atomic E-state index is 8.97. The van der Waals surface area contributed by atoms with E-state index in [0.29, 0.717) is 6.54 Å². The second-order valence-corrected chi connectivity index (χ2v) is 5.54. The van der Waals surface area contributed by atoms with Gasteiger partial charge in [0.05, 0.1) is 13.2 Å². The highest BCUT2D eigenvalue weighted by atomic mass is 16.5. The van der Waals surface area contributed by atoms with Gasteiger partial charge in [0.15, 0.2) is 0 Å². The van der Waals surface area contributed by atoms with E-state index < -0.39 is 0 Å². The Kier molecular flexibility index (Phi) is 6.76. The van der Waals surface area contributed by atoms with Crippen LogP contribution in [-0.2, 0) is 6.54 Å². The van der Waals surface area contributed by atoms with Gasteiger partial charge in [-0.25, -0.2) is 0 Å². The molecule has 0 spiro atoms. The summed E-state index contributed by atoms with van der Waals surface area (Å²) in [5.41, 5.74) is 3.40. The molecule has 4 heteroatoms. The minimum Gasteiger partial charge on any atom is -0.494 e. The molecular formula is C19H26N2O2. The Balaban J connectivity index is 1.85. The van der Waals surface area contributed by atoms with Crippen LogP contribution in [0.25, 0.3) is 0 Å². The van der Waals surface area contributed by atoms with E-state index in [0.717, 1.165) is 36.7 Å². The van der Waals surface area contributed by atoms with Gasteiger partial charge in [-0.1, -0.05) is 19.1 Å². The fourth-order valence-electron chi connectivity index (χ4n) is 2.24. The van der Waals surface area contributed by atoms with Gasteiger partial charge in [-0.15, -0.1) is 0 Å². The Morgan fingerprint density at radius 3 is 2.35 bits per heavy atom. The summed E-state index contributed by atoms with van der Waals surface area (Å²) in [5.74, 6) is 0.923. The highest BCUT2D eigenvalue weighted by molar-refractivity contribution is 5.54. The summed E-state index contributed by atoms with van der Waals surface area (Å²) >= 11 is 0. The van der Waals surface area contributed by atoms with Gasteiger partial charge in [0, 0.05) is 31.5 Å². The largest absolute Gasteiger partial charge is 0.494 e. The molecule has 0 atom stereocenters. The molecule has 2 aromatic carbocycles. The van der Waals surface area contributed by atoms with E-state index in [2.05, 4.69) is 48.6 Å². The molecule has 0 aliphatic rings. The first kappa shape index (κ1) is 17.2. The molecule has 4 nitrogen and oxygen atoms in total. The minimum atomic E-state index is 0.161. The second-order valence-electron chi connectivity index (χ2n) is 5.54. The van der Waals surface area contributed by atoms with E-state index in [1.165, 1.54) is 5.56 Å². The highest BCUT2D eigenvalue weighted by Crippen LogP contribution is 2.18. The van der Waals surface area contributed by atoms with Gasteiger partial charge in [-0.3, -0.25) is 0 Å². The van der Waals surface area contributed by atoms with E-state index >= 15 is 0 Å². The second kappa shape index (κ2) is 9.06. The lowest BCUT2D eigenvalue weighted by atomic mass is 10.2. The number of aliphatic hydroxyl groups is 1. The molecule has 0 aliphatic heterocycles. The molecule has 2 rings (SSSR count). The van der Waals surface area contributed by atoms with Gasteiger partial charge < -0.3 is 20.1 Å². The van der Waals surface area contributed by atoms with Crippen LogP contribution in [0, 0.1) is 0 Å². The Bertz CT molecular complexity index is 567. The number of ether oxygens (including phenoxy) is 1. The van der Waals surface area contributed by atoms with Crippen molar-refractivity contribution in [3.8, 4) is 5.75 Å². The number of anilines is 2. The van der Waals surface area contributed by atoms with E-state index in [-0.39, 0.29) is 6.61 Å². The van der Waals surface area contributed by atoms with Crippen molar-refractivity contribution in [3.05, 3.63) is 54.1 Å². The molecule has 0 aliphatic carbocycles. The Hall–Kier alpha value is -2.20. The minimum absolute atomic E-state index is 0.161. The fourth-order valence-corrected chi connectivity index (χ4v) is 2.24. The molecule has 0 saturated carbocycles. The first-order chi connectivity index (χ1) is 11.2. The van der Waals surface area contributed by atoms with Crippen molar-refractivity contribution in [1.29, 1.82) is 0 Å². The van der Waals surface area contributed by atoms with Crippen molar-refractivity contribution in [2.45, 2.75) is 19.9 Å². The summed E-state index contributed by atoms with van der Waals surface area (Å²) < 4.78 is 5.59. The molecule has 0 fully saturated rings. The molecule has 0 radical (unpaired) electrons. The van der Waals surface area contributed by atoms with Crippen LogP contribution in [0.15, 0.2) is 48.5 Å². The zero-order valence-electron chi connectivity index (χ0n) is 14.0. The molecule has 124 valence electrons. The zero-order chi connectivity index (χ0) is 16.5. The smallest absolute Gasteiger partial charge is 0.119 e. The maximum atomic E-state index is 8.97. The van der Waals surface area contributed by atoms with E-state index in [4.69, 9.17) is 9.84 Å². The summed E-state index contributed by atoms with van der Waals surface area (Å²) in [7, 11) is 1.97. The summed E-state index contributed by atoms with van der Waals surface area (Å²) in [6, 6.07) is 16.4. The monoisotopic (exact) mass is 314 g/mol. The first-order valence-electron chi connectivity index (χ1n) is 8.10. The van der Waals surface area contributed by atoms with Gasteiger partial charge in [0.25, 0.3) is 0 Å². The van der Waals surface area contributed by atoms with E-state index in [1.54, 1.807) is 0 Å². The summed E-state index contributed by atoms with van der Waals surface area (Å²) in [4.78, 5) is 2.03. The summed E-state index contributed by atoms with van der Waals surface area (Å²) in [6.07, 6.45) is 1.02. The normalized spacial score (nSPS) is 10.4. The van der Waals surface area contributed by atoms with Crippen molar-refractivity contribution in [3.63, 3.8) is 0 Å². The van der Waals surface area contributed by atoms with Gasteiger partial charge in [0.2, 0.25) is 0 Å². The van der Waals surface area contributed by atoms with Crippen LogP contribution in [0.4, 0.5) is 11.4 Å². The molecule has 0 aromatic heterocycles. The lowest BCUT2D eigenvalue weighted by Crippen LogP contribution is -2.20. The topological polar surface area (TPSA) is 44.7 Å². The number of benzene rings is 2. The van der Waals surface area contributed by atoms with Gasteiger partial charge in [-0.2, -0.15) is 0 Å². The predicted octanol–water partition coefficient (Wildman–Crippen LogP) is 3.52. The summed E-state index contributed by atoms with van der Waals surface area (Å²) in [6.45, 7) is 4.44. The zero-order valence-corrected chi connectivity index (χ0v) is 14.0. The third kappa shape index (κ3) is 5.49. The lowest BCUT2D eigenvalue weighted by molar-refractivity contribution is 0.304. The third-order valence-electron chi connectivity index (χ3n) is 3.64. The number of rotatable bonds is 9. The average molecular weight is 314 g/mol. The van der Waals surface area contributed by atoms with Crippen LogP contribution in [0.2, 0.25) is 0 Å². The first-order valence-corrected chi connectivity index (χ1v) is 8.10. The van der Waals surface area contributed by atoms with Crippen LogP contribution in [-0.4, -0.2) is 31.9 Å². The molecule has 0 amide bonds. The Morgan fingerprint density at radius 2 is 1.74 bits per heavy atom. The van der Waals surface area contributed by atoms with Crippen LogP contribution in [0.3, 0.4) is 0 Å². The number of nitrogens with zero attached hydrogens (tertiary/aromatic N) is 1. The van der Waals surface area contributed by atoms with Crippen molar-refractivity contribution in [2.24, 2.45) is 0 Å². The number of hydrogen-bond acceptors (Lipinski definition) is 4. The quantitative estimate of drug-likeness (QED) is 0.743. The number of aliphatic hydroxyl groups excluding tert-OH is 1. The maximum Gasteiger partial charge on any atom is 0.119 e. The molecule has 23 heavy (non-hydrogen) atoms. The molecule has 2 aromatic rings. The van der Waals surface area contributed by atoms with Gasteiger partial charge in [-0.05, 0) is 48.4 Å². The van der Waals surface area contributed by atoms with Crippen molar-refractivity contribution in [1.82, 2.24) is 0 Å². The van der Waals surface area contributed by atoms with E-state index in [9.17, 15) is 0 Å². The lowest BCUT2D eigenvalue weighted by Gasteiger charge is -2.18. The van der Waals surface area contributed by atoms with Crippen LogP contribution in [0.5, 0.6) is 5.75 Å². The average Bonchev–Trinajstić information content (AvgIpc) is 2.59. The SMILES string of the molecule is CCCOc1ccc(CNc2ccc(N(C)CCO)cc2)cc1. The number of nitrogens with one attached hydrogen (secondary N) is 1. The Labute approximate surface area is 138 Å². The molecule has 0 saturated heterocycles. The highest BCUT2D eigenvalue weighted by Gasteiger charge is 2.00. The predicted molar refractivity (Wildman–Crippen MR) is 96.4 cm³/mol. The van der Waals surface area contributed by atoms with Gasteiger partial charge >= 0.3 is 0 Å². The molecule has 0 unspecified atom stereocenters. The van der Waals surface area contributed by atoms with Crippen molar-refractivity contribution in [2.75, 3.05) is 37.0 Å². The fraction of sp³-hybridized carbons (Fsp3) is 0.368. The van der Waals surface area contributed by atoms with Crippen LogP contribution in [0.1, 0.15) is 18.9 Å². The Morgan fingerprint density at radius 1 is 1.04 bits per heavy atom. The standard InChI is InChI=1S/C19H26N2O2/c1-3-14-23-19-10-4-16(5-11-19)15-20-17-6-8-18(9-7-17)21(2)12-13-22/h4-11,20,22H,3,12-15H2,1-2H3. The van der Waals surface area contributed by atoms with Crippen molar-refractivity contribution < 1.29 is 9.84 Å². The summed E-state index contributed by atoms with van der Waals surface area (Å²) in [5, 5.41) is 12.4.